The van der Waals surface area contributed by atoms with E-state index in [1.54, 1.807) is 5.57 Å². The number of aryl methyl sites for hydroxylation is 1. The number of benzene rings is 1. The van der Waals surface area contributed by atoms with E-state index in [0.29, 0.717) is 6.04 Å². The van der Waals surface area contributed by atoms with Crippen LogP contribution in [0.5, 0.6) is 0 Å². The molecule has 0 amide bonds. The van der Waals surface area contributed by atoms with E-state index < -0.39 is 0 Å². The summed E-state index contributed by atoms with van der Waals surface area (Å²) in [6.45, 7) is 0. The Balaban J connectivity index is 1.80. The first-order valence-corrected chi connectivity index (χ1v) is 7.80. The third kappa shape index (κ3) is 4.83. The van der Waals surface area contributed by atoms with Crippen LogP contribution in [0.15, 0.2) is 42.0 Å². The van der Waals surface area contributed by atoms with Crippen molar-refractivity contribution in [2.24, 2.45) is 0 Å². The van der Waals surface area contributed by atoms with Crippen molar-refractivity contribution >= 4 is 0 Å². The van der Waals surface area contributed by atoms with E-state index in [-0.39, 0.29) is 0 Å². The van der Waals surface area contributed by atoms with Crippen molar-refractivity contribution in [3.63, 3.8) is 0 Å². The Morgan fingerprint density at radius 3 is 2.74 bits per heavy atom. The highest BCUT2D eigenvalue weighted by Crippen LogP contribution is 2.22. The lowest BCUT2D eigenvalue weighted by atomic mass is 9.96. The van der Waals surface area contributed by atoms with E-state index in [4.69, 9.17) is 0 Å². The van der Waals surface area contributed by atoms with Gasteiger partial charge in [-0.25, -0.2) is 0 Å². The molecular weight excluding hydrogens is 230 g/mol. The topological polar surface area (TPSA) is 12.0 Å². The minimum absolute atomic E-state index is 0.599. The summed E-state index contributed by atoms with van der Waals surface area (Å²) in [7, 11) is 2.11. The fraction of sp³-hybridized carbons (Fsp3) is 0.556. The molecule has 1 nitrogen and oxygen atoms in total. The SMILES string of the molecule is CNC(CCCc1ccccc1)C1=CCCCCC1. The quantitative estimate of drug-likeness (QED) is 0.740. The van der Waals surface area contributed by atoms with Gasteiger partial charge in [0.05, 0.1) is 0 Å². The third-order valence-electron chi connectivity index (χ3n) is 4.17. The normalized spacial score (nSPS) is 17.6. The molecule has 0 aromatic heterocycles. The monoisotopic (exact) mass is 257 g/mol. The molecule has 0 bridgehead atoms. The number of likely N-dealkylation sites (N-methyl/N-ethyl adjacent to an activating group) is 1. The molecule has 0 fully saturated rings. The van der Waals surface area contributed by atoms with Crippen molar-refractivity contribution in [3.05, 3.63) is 47.5 Å². The predicted octanol–water partition coefficient (Wildman–Crippen LogP) is 4.49. The Kier molecular flexibility index (Phi) is 6.16. The maximum atomic E-state index is 3.52. The van der Waals surface area contributed by atoms with Crippen molar-refractivity contribution in [1.82, 2.24) is 5.32 Å². The predicted molar refractivity (Wildman–Crippen MR) is 83.4 cm³/mol. The van der Waals surface area contributed by atoms with Gasteiger partial charge in [0.1, 0.15) is 0 Å². The summed E-state index contributed by atoms with van der Waals surface area (Å²) >= 11 is 0. The van der Waals surface area contributed by atoms with Gasteiger partial charge in [0, 0.05) is 6.04 Å². The van der Waals surface area contributed by atoms with Crippen LogP contribution in [0.2, 0.25) is 0 Å². The molecule has 0 spiro atoms. The first kappa shape index (κ1) is 14.3. The molecule has 1 heteroatoms. The Bertz CT molecular complexity index is 380. The van der Waals surface area contributed by atoms with Gasteiger partial charge in [-0.3, -0.25) is 0 Å². The fourth-order valence-electron chi connectivity index (χ4n) is 3.03. The van der Waals surface area contributed by atoms with E-state index in [1.807, 2.05) is 0 Å². The number of nitrogens with one attached hydrogen (secondary N) is 1. The maximum absolute atomic E-state index is 3.52. The number of hydrogen-bond acceptors (Lipinski definition) is 1. The Labute approximate surface area is 118 Å². The van der Waals surface area contributed by atoms with E-state index in [9.17, 15) is 0 Å². The lowest BCUT2D eigenvalue weighted by molar-refractivity contribution is 0.541. The van der Waals surface area contributed by atoms with Gasteiger partial charge >= 0.3 is 0 Å². The van der Waals surface area contributed by atoms with Crippen LogP contribution in [0, 0.1) is 0 Å². The summed E-state index contributed by atoms with van der Waals surface area (Å²) in [4.78, 5) is 0. The fourth-order valence-corrected chi connectivity index (χ4v) is 3.03. The van der Waals surface area contributed by atoms with Crippen LogP contribution < -0.4 is 5.32 Å². The summed E-state index contributed by atoms with van der Waals surface area (Å²) in [5, 5.41) is 3.52. The van der Waals surface area contributed by atoms with Gasteiger partial charge in [0.15, 0.2) is 0 Å². The molecule has 1 N–H and O–H groups in total. The van der Waals surface area contributed by atoms with Crippen LogP contribution in [-0.2, 0) is 6.42 Å². The smallest absolute Gasteiger partial charge is 0.0276 e. The second-order valence-electron chi connectivity index (χ2n) is 5.60. The van der Waals surface area contributed by atoms with Crippen LogP contribution >= 0.6 is 0 Å². The van der Waals surface area contributed by atoms with Gasteiger partial charge in [-0.05, 0) is 57.6 Å². The zero-order valence-corrected chi connectivity index (χ0v) is 12.2. The van der Waals surface area contributed by atoms with Crippen molar-refractivity contribution in [2.75, 3.05) is 7.05 Å². The average molecular weight is 257 g/mol. The molecule has 1 aliphatic rings. The number of hydrogen-bond donors (Lipinski definition) is 1. The third-order valence-corrected chi connectivity index (χ3v) is 4.17. The first-order chi connectivity index (χ1) is 9.40. The van der Waals surface area contributed by atoms with Crippen LogP contribution in [0.1, 0.15) is 50.5 Å². The van der Waals surface area contributed by atoms with Gasteiger partial charge in [-0.15, -0.1) is 0 Å². The molecule has 2 rings (SSSR count). The van der Waals surface area contributed by atoms with E-state index in [1.165, 1.54) is 56.9 Å². The largest absolute Gasteiger partial charge is 0.313 e. The summed E-state index contributed by atoms with van der Waals surface area (Å²) in [5.74, 6) is 0. The molecule has 0 radical (unpaired) electrons. The van der Waals surface area contributed by atoms with Gasteiger partial charge in [0.25, 0.3) is 0 Å². The number of allylic oxidation sites excluding steroid dienone is 1. The zero-order chi connectivity index (χ0) is 13.3. The summed E-state index contributed by atoms with van der Waals surface area (Å²) < 4.78 is 0. The van der Waals surface area contributed by atoms with Crippen molar-refractivity contribution < 1.29 is 0 Å². The second-order valence-corrected chi connectivity index (χ2v) is 5.60. The average Bonchev–Trinajstić information content (AvgIpc) is 2.74. The minimum atomic E-state index is 0.599. The van der Waals surface area contributed by atoms with Crippen LogP contribution in [-0.4, -0.2) is 13.1 Å². The molecular formula is C18H27N. The zero-order valence-electron chi connectivity index (χ0n) is 12.2. The lowest BCUT2D eigenvalue weighted by Crippen LogP contribution is -2.27. The molecule has 1 aliphatic carbocycles. The molecule has 19 heavy (non-hydrogen) atoms. The lowest BCUT2D eigenvalue weighted by Gasteiger charge is -2.19. The highest BCUT2D eigenvalue weighted by atomic mass is 14.9. The Morgan fingerprint density at radius 2 is 1.95 bits per heavy atom. The standard InChI is InChI=1S/C18H27N/c1-19-18(17-13-7-2-3-8-14-17)15-9-12-16-10-5-4-6-11-16/h4-6,10-11,13,18-19H,2-3,7-9,12,14-15H2,1H3. The second kappa shape index (κ2) is 8.16. The molecule has 0 heterocycles. The first-order valence-electron chi connectivity index (χ1n) is 7.80. The van der Waals surface area contributed by atoms with E-state index in [2.05, 4.69) is 48.8 Å². The molecule has 0 aliphatic heterocycles. The summed E-state index contributed by atoms with van der Waals surface area (Å²) in [5.41, 5.74) is 3.13. The van der Waals surface area contributed by atoms with E-state index in [0.717, 1.165) is 0 Å². The van der Waals surface area contributed by atoms with Gasteiger partial charge in [0.2, 0.25) is 0 Å². The highest BCUT2D eigenvalue weighted by Gasteiger charge is 2.13. The summed E-state index contributed by atoms with van der Waals surface area (Å²) in [6, 6.07) is 11.4. The van der Waals surface area contributed by atoms with Crippen LogP contribution in [0.4, 0.5) is 0 Å². The van der Waals surface area contributed by atoms with Crippen molar-refractivity contribution in [3.8, 4) is 0 Å². The molecule has 1 unspecified atom stereocenters. The number of rotatable bonds is 6. The maximum Gasteiger partial charge on any atom is 0.0276 e. The van der Waals surface area contributed by atoms with Crippen molar-refractivity contribution in [1.29, 1.82) is 0 Å². The van der Waals surface area contributed by atoms with Crippen LogP contribution in [0.3, 0.4) is 0 Å². The molecule has 104 valence electrons. The minimum Gasteiger partial charge on any atom is -0.313 e. The Hall–Kier alpha value is -1.08. The van der Waals surface area contributed by atoms with Crippen LogP contribution in [0.25, 0.3) is 0 Å². The van der Waals surface area contributed by atoms with Crippen molar-refractivity contribution in [2.45, 2.75) is 57.4 Å². The molecule has 1 atom stereocenters. The molecule has 0 saturated heterocycles. The van der Waals surface area contributed by atoms with E-state index >= 15 is 0 Å². The molecule has 0 saturated carbocycles. The summed E-state index contributed by atoms with van der Waals surface area (Å²) in [6.07, 6.45) is 13.0. The Morgan fingerprint density at radius 1 is 1.11 bits per heavy atom. The van der Waals surface area contributed by atoms with Gasteiger partial charge in [-0.1, -0.05) is 48.4 Å². The van der Waals surface area contributed by atoms with Gasteiger partial charge < -0.3 is 5.32 Å². The molecule has 1 aromatic carbocycles. The van der Waals surface area contributed by atoms with Gasteiger partial charge in [-0.2, -0.15) is 0 Å². The highest BCUT2D eigenvalue weighted by molar-refractivity contribution is 5.15. The molecule has 1 aromatic rings.